The molecule has 0 spiro atoms. The summed E-state index contributed by atoms with van der Waals surface area (Å²) in [5.74, 6) is 6.70. The highest BCUT2D eigenvalue weighted by atomic mass is 28.3. The molecule has 0 atom stereocenters. The molecule has 0 unspecified atom stereocenters. The van der Waals surface area contributed by atoms with Crippen molar-refractivity contribution in [1.29, 1.82) is 0 Å². The lowest BCUT2D eigenvalue weighted by molar-refractivity contribution is 1.31. The van der Waals surface area contributed by atoms with Gasteiger partial charge in [0.2, 0.25) is 0 Å². The van der Waals surface area contributed by atoms with Crippen LogP contribution in [0.2, 0.25) is 0 Å². The van der Waals surface area contributed by atoms with E-state index in [4.69, 9.17) is 0 Å². The fourth-order valence-corrected chi connectivity index (χ4v) is 6.09. The van der Waals surface area contributed by atoms with E-state index in [2.05, 4.69) is 81.4 Å². The first-order valence-electron chi connectivity index (χ1n) is 9.34. The van der Waals surface area contributed by atoms with Crippen molar-refractivity contribution in [1.82, 2.24) is 9.97 Å². The molecule has 3 heteroatoms. The summed E-state index contributed by atoms with van der Waals surface area (Å²) in [6, 6.07) is 28.6. The molecule has 0 aliphatic heterocycles. The molecule has 2 heterocycles. The Kier molecular flexibility index (Phi) is 5.62. The highest BCUT2D eigenvalue weighted by molar-refractivity contribution is 7.13. The molecule has 4 aromatic rings. The molecule has 136 valence electrons. The van der Waals surface area contributed by atoms with E-state index in [1.807, 2.05) is 36.4 Å². The van der Waals surface area contributed by atoms with Gasteiger partial charge in [-0.05, 0) is 34.6 Å². The summed E-state index contributed by atoms with van der Waals surface area (Å²) >= 11 is 0. The van der Waals surface area contributed by atoms with Crippen LogP contribution in [0, 0.1) is 22.9 Å². The second-order valence-corrected chi connectivity index (χ2v) is 9.62. The minimum atomic E-state index is -2.69. The summed E-state index contributed by atoms with van der Waals surface area (Å²) in [7, 11) is -2.69. The van der Waals surface area contributed by atoms with Crippen molar-refractivity contribution >= 4 is 18.4 Å². The van der Waals surface area contributed by atoms with Gasteiger partial charge in [0.1, 0.15) is 0 Å². The lowest BCUT2D eigenvalue weighted by Crippen LogP contribution is -2.57. The van der Waals surface area contributed by atoms with Gasteiger partial charge in [-0.25, -0.2) is 0 Å². The second kappa shape index (κ2) is 8.84. The van der Waals surface area contributed by atoms with Gasteiger partial charge in [0, 0.05) is 35.9 Å². The van der Waals surface area contributed by atoms with Gasteiger partial charge in [-0.2, -0.15) is 0 Å². The zero-order chi connectivity index (χ0) is 19.8. The van der Waals surface area contributed by atoms with Crippen molar-refractivity contribution in [2.45, 2.75) is 0 Å². The summed E-state index contributed by atoms with van der Waals surface area (Å²) in [5.41, 5.74) is 8.99. The Morgan fingerprint density at radius 3 is 1.34 bits per heavy atom. The molecule has 0 saturated carbocycles. The van der Waals surface area contributed by atoms with E-state index in [1.165, 1.54) is 10.4 Å². The van der Waals surface area contributed by atoms with Crippen LogP contribution in [0.5, 0.6) is 0 Å². The molecule has 0 N–H and O–H groups in total. The SMILES string of the molecule is C(#C[Si](C#Cc1cccnc1)(c1ccccc1)c1ccccc1)c1cccnc1. The Hall–Kier alpha value is -3.92. The maximum Gasteiger partial charge on any atom is 0.276 e. The van der Waals surface area contributed by atoms with Gasteiger partial charge in [-0.1, -0.05) is 83.6 Å². The van der Waals surface area contributed by atoms with E-state index in [1.54, 1.807) is 24.8 Å². The molecular weight excluding hydrogens is 368 g/mol. The topological polar surface area (TPSA) is 25.8 Å². The summed E-state index contributed by atoms with van der Waals surface area (Å²) in [4.78, 5) is 8.39. The van der Waals surface area contributed by atoms with E-state index in [0.29, 0.717) is 0 Å². The number of aromatic nitrogens is 2. The summed E-state index contributed by atoms with van der Waals surface area (Å²) in [5, 5.41) is 2.33. The fraction of sp³-hybridized carbons (Fsp3) is 0. The van der Waals surface area contributed by atoms with Gasteiger partial charge in [-0.3, -0.25) is 9.97 Å². The van der Waals surface area contributed by atoms with Crippen LogP contribution < -0.4 is 10.4 Å². The van der Waals surface area contributed by atoms with Gasteiger partial charge < -0.3 is 0 Å². The van der Waals surface area contributed by atoms with E-state index in [0.717, 1.165) is 11.1 Å². The molecule has 2 aromatic carbocycles. The van der Waals surface area contributed by atoms with Crippen LogP contribution in [0.25, 0.3) is 0 Å². The molecule has 0 radical (unpaired) electrons. The second-order valence-electron chi connectivity index (χ2n) is 6.47. The lowest BCUT2D eigenvalue weighted by Gasteiger charge is -2.21. The van der Waals surface area contributed by atoms with E-state index in [9.17, 15) is 0 Å². The minimum Gasteiger partial charge on any atom is -0.263 e. The molecule has 2 aromatic heterocycles. The molecule has 0 fully saturated rings. The Morgan fingerprint density at radius 1 is 0.517 bits per heavy atom. The predicted molar refractivity (Wildman–Crippen MR) is 120 cm³/mol. The molecule has 0 aliphatic rings. The third-order valence-corrected chi connectivity index (χ3v) is 7.92. The molecule has 0 amide bonds. The molecule has 2 nitrogen and oxygen atoms in total. The third kappa shape index (κ3) is 4.33. The van der Waals surface area contributed by atoms with Crippen molar-refractivity contribution in [3.05, 3.63) is 121 Å². The first-order chi connectivity index (χ1) is 14.4. The average molecular weight is 387 g/mol. The van der Waals surface area contributed by atoms with Crippen molar-refractivity contribution < 1.29 is 0 Å². The van der Waals surface area contributed by atoms with Crippen molar-refractivity contribution in [3.63, 3.8) is 0 Å². The van der Waals surface area contributed by atoms with Gasteiger partial charge in [-0.15, -0.1) is 0 Å². The normalized spacial score (nSPS) is 10.2. The number of hydrogen-bond acceptors (Lipinski definition) is 2. The van der Waals surface area contributed by atoms with Crippen LogP contribution >= 0.6 is 0 Å². The number of rotatable bonds is 2. The van der Waals surface area contributed by atoms with Gasteiger partial charge in [0.05, 0.1) is 0 Å². The summed E-state index contributed by atoms with van der Waals surface area (Å²) in [6.07, 6.45) is 7.09. The van der Waals surface area contributed by atoms with Crippen molar-refractivity contribution in [2.24, 2.45) is 0 Å². The molecule has 29 heavy (non-hydrogen) atoms. The maximum absolute atomic E-state index is 4.19. The molecular formula is C26H18N2Si. The number of hydrogen-bond donors (Lipinski definition) is 0. The molecule has 4 rings (SSSR count). The van der Waals surface area contributed by atoms with Crippen LogP contribution in [0.3, 0.4) is 0 Å². The fourth-order valence-electron chi connectivity index (χ4n) is 3.07. The summed E-state index contributed by atoms with van der Waals surface area (Å²) in [6.45, 7) is 0. The van der Waals surface area contributed by atoms with E-state index >= 15 is 0 Å². The first-order valence-corrected chi connectivity index (χ1v) is 11.3. The Balaban J connectivity index is 1.96. The highest BCUT2D eigenvalue weighted by Gasteiger charge is 2.34. The Bertz CT molecular complexity index is 1090. The standard InChI is InChI=1S/C26H18N2Si/c1-3-11-25(12-4-1)29(26-13-5-2-6-14-26,19-15-23-9-7-17-27-21-23)20-16-24-10-8-18-28-22-24/h1-14,17-18,21-22H. The number of nitrogens with zero attached hydrogens (tertiary/aromatic N) is 2. The van der Waals surface area contributed by atoms with Gasteiger partial charge in [0.25, 0.3) is 8.07 Å². The largest absolute Gasteiger partial charge is 0.276 e. The maximum atomic E-state index is 4.19. The zero-order valence-corrected chi connectivity index (χ0v) is 16.8. The average Bonchev–Trinajstić information content (AvgIpc) is 2.82. The van der Waals surface area contributed by atoms with Crippen LogP contribution in [-0.4, -0.2) is 18.0 Å². The Morgan fingerprint density at radius 2 is 0.966 bits per heavy atom. The Labute approximate surface area is 172 Å². The van der Waals surface area contributed by atoms with E-state index < -0.39 is 8.07 Å². The first kappa shape index (κ1) is 18.4. The van der Waals surface area contributed by atoms with E-state index in [-0.39, 0.29) is 0 Å². The van der Waals surface area contributed by atoms with Crippen molar-refractivity contribution in [2.75, 3.05) is 0 Å². The van der Waals surface area contributed by atoms with Crippen molar-refractivity contribution in [3.8, 4) is 22.9 Å². The van der Waals surface area contributed by atoms with Crippen LogP contribution in [0.4, 0.5) is 0 Å². The van der Waals surface area contributed by atoms with Crippen LogP contribution in [0.1, 0.15) is 11.1 Å². The predicted octanol–water partition coefficient (Wildman–Crippen LogP) is 3.22. The minimum absolute atomic E-state index is 0.888. The number of pyridine rings is 2. The lowest BCUT2D eigenvalue weighted by atomic mass is 10.3. The smallest absolute Gasteiger partial charge is 0.263 e. The van der Waals surface area contributed by atoms with Gasteiger partial charge >= 0.3 is 0 Å². The number of benzene rings is 2. The summed E-state index contributed by atoms with van der Waals surface area (Å²) < 4.78 is 0. The van der Waals surface area contributed by atoms with Gasteiger partial charge in [0.15, 0.2) is 0 Å². The van der Waals surface area contributed by atoms with Crippen LogP contribution in [-0.2, 0) is 0 Å². The van der Waals surface area contributed by atoms with Crippen LogP contribution in [0.15, 0.2) is 110 Å². The quantitative estimate of drug-likeness (QED) is 0.391. The molecule has 0 saturated heterocycles. The highest BCUT2D eigenvalue weighted by Crippen LogP contribution is 2.06. The zero-order valence-electron chi connectivity index (χ0n) is 15.8. The molecule has 0 bridgehead atoms. The third-order valence-electron chi connectivity index (χ3n) is 4.53. The monoisotopic (exact) mass is 386 g/mol. The molecule has 0 aliphatic carbocycles.